The van der Waals surface area contributed by atoms with Gasteiger partial charge in [0.2, 0.25) is 17.8 Å². The van der Waals surface area contributed by atoms with E-state index >= 15 is 0 Å². The topological polar surface area (TPSA) is 124 Å². The Balaban J connectivity index is 1.27. The summed E-state index contributed by atoms with van der Waals surface area (Å²) in [5.41, 5.74) is 2.26. The predicted octanol–water partition coefficient (Wildman–Crippen LogP) is 4.70. The van der Waals surface area contributed by atoms with Crippen LogP contribution in [0.4, 0.5) is 15.6 Å². The number of amides is 3. The molecule has 1 aromatic heterocycles. The first kappa shape index (κ1) is 25.0. The highest BCUT2D eigenvalue weighted by molar-refractivity contribution is 7.18. The number of benzene rings is 3. The minimum Gasteiger partial charge on any atom is -0.494 e. The number of carbonyl (C=O) groups excluding carboxylic acids is 2. The minimum absolute atomic E-state index is 0.179. The van der Waals surface area contributed by atoms with Crippen molar-refractivity contribution in [2.24, 2.45) is 0 Å². The lowest BCUT2D eigenvalue weighted by atomic mass is 10.1. The maximum atomic E-state index is 13.3. The number of hydrogen-bond acceptors (Lipinski definition) is 8. The first-order valence-electron chi connectivity index (χ1n) is 12.0. The van der Waals surface area contributed by atoms with Gasteiger partial charge in [0.05, 0.1) is 6.61 Å². The van der Waals surface area contributed by atoms with Crippen molar-refractivity contribution >= 4 is 34.1 Å². The summed E-state index contributed by atoms with van der Waals surface area (Å²) < 4.78 is 16.2. The van der Waals surface area contributed by atoms with Gasteiger partial charge >= 0.3 is 6.03 Å². The Bertz CT molecular complexity index is 1410. The molecule has 1 atom stereocenters. The number of hydrogen-bond donors (Lipinski definition) is 3. The van der Waals surface area contributed by atoms with Crippen molar-refractivity contribution in [2.45, 2.75) is 19.4 Å². The zero-order valence-corrected chi connectivity index (χ0v) is 21.3. The standard InChI is InChI=1S/C27H25N5O5S/c1-2-35-20-11-9-19(10-12-20)28-26(34)29-21(14-17-6-4-3-5-7-17)24(33)30-27-32-31-25(38-27)18-8-13-22-23(15-18)37-16-36-22/h3-13,15,21H,2,14,16H2,1H3,(H2,28,29,34)(H,30,32,33)/t21-/m1/s1. The first-order valence-corrected chi connectivity index (χ1v) is 12.8. The van der Waals surface area contributed by atoms with E-state index in [-0.39, 0.29) is 13.2 Å². The molecule has 0 fully saturated rings. The monoisotopic (exact) mass is 531 g/mol. The van der Waals surface area contributed by atoms with Gasteiger partial charge in [0.25, 0.3) is 0 Å². The molecule has 5 rings (SSSR count). The molecule has 11 heteroatoms. The molecule has 2 heterocycles. The van der Waals surface area contributed by atoms with Gasteiger partial charge in [-0.2, -0.15) is 0 Å². The van der Waals surface area contributed by atoms with Gasteiger partial charge in [0.1, 0.15) is 16.8 Å². The van der Waals surface area contributed by atoms with E-state index in [2.05, 4.69) is 26.1 Å². The molecule has 0 bridgehead atoms. The summed E-state index contributed by atoms with van der Waals surface area (Å²) in [6, 6.07) is 20.5. The molecule has 0 unspecified atom stereocenters. The summed E-state index contributed by atoms with van der Waals surface area (Å²) in [5, 5.41) is 17.5. The molecule has 10 nitrogen and oxygen atoms in total. The van der Waals surface area contributed by atoms with Gasteiger partial charge in [0.15, 0.2) is 11.5 Å². The second-order valence-electron chi connectivity index (χ2n) is 8.27. The second kappa shape index (κ2) is 11.6. The van der Waals surface area contributed by atoms with Gasteiger partial charge in [-0.3, -0.25) is 10.1 Å². The molecular weight excluding hydrogens is 506 g/mol. The van der Waals surface area contributed by atoms with Crippen LogP contribution in [0.25, 0.3) is 10.6 Å². The third-order valence-corrected chi connectivity index (χ3v) is 6.49. The van der Waals surface area contributed by atoms with E-state index in [4.69, 9.17) is 14.2 Å². The summed E-state index contributed by atoms with van der Waals surface area (Å²) in [5.74, 6) is 1.60. The average Bonchev–Trinajstić information content (AvgIpc) is 3.59. The molecule has 0 saturated carbocycles. The highest BCUT2D eigenvalue weighted by atomic mass is 32.1. The highest BCUT2D eigenvalue weighted by Crippen LogP contribution is 2.37. The normalized spacial score (nSPS) is 12.4. The van der Waals surface area contributed by atoms with E-state index < -0.39 is 18.0 Å². The van der Waals surface area contributed by atoms with Crippen molar-refractivity contribution in [3.8, 4) is 27.8 Å². The van der Waals surface area contributed by atoms with Gasteiger partial charge in [-0.25, -0.2) is 4.79 Å². The van der Waals surface area contributed by atoms with Gasteiger partial charge in [0, 0.05) is 17.7 Å². The molecule has 0 aliphatic carbocycles. The second-order valence-corrected chi connectivity index (χ2v) is 9.25. The van der Waals surface area contributed by atoms with Crippen LogP contribution in [0.5, 0.6) is 17.2 Å². The zero-order chi connectivity index (χ0) is 26.3. The molecular formula is C27H25N5O5S. The average molecular weight is 532 g/mol. The fourth-order valence-corrected chi connectivity index (χ4v) is 4.54. The maximum absolute atomic E-state index is 13.3. The number of nitrogens with zero attached hydrogens (tertiary/aromatic N) is 2. The maximum Gasteiger partial charge on any atom is 0.319 e. The Morgan fingerprint density at radius 3 is 2.55 bits per heavy atom. The molecule has 0 saturated heterocycles. The van der Waals surface area contributed by atoms with Gasteiger partial charge in [-0.05, 0) is 55.0 Å². The highest BCUT2D eigenvalue weighted by Gasteiger charge is 2.23. The lowest BCUT2D eigenvalue weighted by molar-refractivity contribution is -0.117. The number of carbonyl (C=O) groups is 2. The molecule has 3 N–H and O–H groups in total. The number of urea groups is 1. The van der Waals surface area contributed by atoms with Crippen molar-refractivity contribution in [3.05, 3.63) is 78.4 Å². The summed E-state index contributed by atoms with van der Waals surface area (Å²) >= 11 is 1.22. The van der Waals surface area contributed by atoms with Crippen LogP contribution in [0, 0.1) is 0 Å². The van der Waals surface area contributed by atoms with Crippen LogP contribution in [0.2, 0.25) is 0 Å². The Kier molecular flexibility index (Phi) is 7.65. The summed E-state index contributed by atoms with van der Waals surface area (Å²) in [4.78, 5) is 26.0. The van der Waals surface area contributed by atoms with E-state index in [9.17, 15) is 9.59 Å². The molecule has 194 valence electrons. The first-order chi connectivity index (χ1) is 18.6. The fourth-order valence-electron chi connectivity index (χ4n) is 3.80. The summed E-state index contributed by atoms with van der Waals surface area (Å²) in [6.45, 7) is 2.63. The Morgan fingerprint density at radius 1 is 0.974 bits per heavy atom. The summed E-state index contributed by atoms with van der Waals surface area (Å²) in [7, 11) is 0. The van der Waals surface area contributed by atoms with Gasteiger partial charge in [-0.1, -0.05) is 41.7 Å². The number of rotatable bonds is 9. The van der Waals surface area contributed by atoms with E-state index in [1.165, 1.54) is 11.3 Å². The number of anilines is 2. The molecule has 3 aromatic carbocycles. The van der Waals surface area contributed by atoms with Crippen molar-refractivity contribution in [3.63, 3.8) is 0 Å². The van der Waals surface area contributed by atoms with Crippen LogP contribution >= 0.6 is 11.3 Å². The fraction of sp³-hybridized carbons (Fsp3) is 0.185. The van der Waals surface area contributed by atoms with Gasteiger partial charge < -0.3 is 24.8 Å². The third-order valence-electron chi connectivity index (χ3n) is 5.60. The molecule has 0 radical (unpaired) electrons. The number of aromatic nitrogens is 2. The lowest BCUT2D eigenvalue weighted by Gasteiger charge is -2.18. The molecule has 38 heavy (non-hydrogen) atoms. The van der Waals surface area contributed by atoms with E-state index in [0.29, 0.717) is 39.7 Å². The van der Waals surface area contributed by atoms with Crippen LogP contribution in [0.1, 0.15) is 12.5 Å². The molecule has 1 aliphatic heterocycles. The smallest absolute Gasteiger partial charge is 0.319 e. The van der Waals surface area contributed by atoms with Crippen LogP contribution in [0.15, 0.2) is 72.8 Å². The SMILES string of the molecule is CCOc1ccc(NC(=O)N[C@H](Cc2ccccc2)C(=O)Nc2nnc(-c3ccc4c(c3)OCO4)s2)cc1. The van der Waals surface area contributed by atoms with Crippen LogP contribution in [-0.4, -0.2) is 41.6 Å². The lowest BCUT2D eigenvalue weighted by Crippen LogP contribution is -2.46. The van der Waals surface area contributed by atoms with Crippen molar-refractivity contribution in [2.75, 3.05) is 24.0 Å². The van der Waals surface area contributed by atoms with Crippen molar-refractivity contribution in [1.82, 2.24) is 15.5 Å². The van der Waals surface area contributed by atoms with Gasteiger partial charge in [-0.15, -0.1) is 10.2 Å². The third kappa shape index (κ3) is 6.19. The van der Waals surface area contributed by atoms with E-state index in [1.807, 2.05) is 49.4 Å². The number of fused-ring (bicyclic) bond motifs is 1. The summed E-state index contributed by atoms with van der Waals surface area (Å²) in [6.07, 6.45) is 0.289. The molecule has 1 aliphatic rings. The van der Waals surface area contributed by atoms with Crippen molar-refractivity contribution in [1.29, 1.82) is 0 Å². The van der Waals surface area contributed by atoms with Crippen LogP contribution in [-0.2, 0) is 11.2 Å². The molecule has 0 spiro atoms. The molecule has 3 amide bonds. The Labute approximate surface area is 223 Å². The van der Waals surface area contributed by atoms with Crippen LogP contribution < -0.4 is 30.2 Å². The van der Waals surface area contributed by atoms with Crippen LogP contribution in [0.3, 0.4) is 0 Å². The Morgan fingerprint density at radius 2 is 1.76 bits per heavy atom. The zero-order valence-electron chi connectivity index (χ0n) is 20.5. The number of nitrogens with one attached hydrogen (secondary N) is 3. The van der Waals surface area contributed by atoms with Crippen molar-refractivity contribution < 1.29 is 23.8 Å². The Hall–Kier alpha value is -4.64. The predicted molar refractivity (Wildman–Crippen MR) is 144 cm³/mol. The number of ether oxygens (including phenoxy) is 3. The molecule has 4 aromatic rings. The minimum atomic E-state index is -0.863. The largest absolute Gasteiger partial charge is 0.494 e. The quantitative estimate of drug-likeness (QED) is 0.286. The van der Waals surface area contributed by atoms with E-state index in [1.54, 1.807) is 30.3 Å². The van der Waals surface area contributed by atoms with E-state index in [0.717, 1.165) is 11.1 Å².